The van der Waals surface area contributed by atoms with Gasteiger partial charge in [0.2, 0.25) is 0 Å². The molecule has 0 aromatic carbocycles. The number of hydrogen-bond donors (Lipinski definition) is 1. The number of hydrogen-bond acceptors (Lipinski definition) is 5. The molecule has 6 nitrogen and oxygen atoms in total. The smallest absolute Gasteiger partial charge is 0.183 e. The van der Waals surface area contributed by atoms with Gasteiger partial charge in [-0.2, -0.15) is 5.10 Å². The molecule has 0 amide bonds. The topological polar surface area (TPSA) is 61.2 Å². The average molecular weight is 276 g/mol. The summed E-state index contributed by atoms with van der Waals surface area (Å²) in [6.45, 7) is 3.52. The predicted octanol–water partition coefficient (Wildman–Crippen LogP) is 1.47. The van der Waals surface area contributed by atoms with Crippen LogP contribution in [0.25, 0.3) is 0 Å². The Morgan fingerprint density at radius 2 is 2.15 bits per heavy atom. The average Bonchev–Trinajstić information content (AvgIpc) is 2.97. The number of rotatable bonds is 7. The molecular weight excluding hydrogens is 256 g/mol. The summed E-state index contributed by atoms with van der Waals surface area (Å²) in [6, 6.07) is 3.97. The molecule has 2 heterocycles. The second-order valence-electron chi connectivity index (χ2n) is 4.50. The van der Waals surface area contributed by atoms with Crippen molar-refractivity contribution >= 4 is 0 Å². The molecule has 108 valence electrons. The van der Waals surface area contributed by atoms with Gasteiger partial charge in [0, 0.05) is 37.2 Å². The maximum Gasteiger partial charge on any atom is 0.183 e. The fourth-order valence-corrected chi connectivity index (χ4v) is 2.00. The van der Waals surface area contributed by atoms with Gasteiger partial charge in [-0.3, -0.25) is 9.67 Å². The van der Waals surface area contributed by atoms with Crippen LogP contribution >= 0.6 is 0 Å². The van der Waals surface area contributed by atoms with E-state index in [1.807, 2.05) is 16.9 Å². The molecule has 0 spiro atoms. The number of methoxy groups -OCH3 is 2. The fraction of sp³-hybridized carbons (Fsp3) is 0.429. The molecule has 2 aromatic heterocycles. The first-order chi connectivity index (χ1) is 9.74. The lowest BCUT2D eigenvalue weighted by Gasteiger charge is -2.16. The Labute approximate surface area is 118 Å². The van der Waals surface area contributed by atoms with E-state index >= 15 is 0 Å². The summed E-state index contributed by atoms with van der Waals surface area (Å²) in [5.41, 5.74) is 0.833. The molecule has 0 aliphatic carbocycles. The van der Waals surface area contributed by atoms with Gasteiger partial charge in [0.15, 0.2) is 11.5 Å². The second-order valence-corrected chi connectivity index (χ2v) is 4.50. The summed E-state index contributed by atoms with van der Waals surface area (Å²) in [6.07, 6.45) is 5.44. The molecule has 1 unspecified atom stereocenters. The Bertz CT molecular complexity index is 528. The van der Waals surface area contributed by atoms with Gasteiger partial charge in [-0.05, 0) is 13.0 Å². The number of pyridine rings is 1. The zero-order valence-electron chi connectivity index (χ0n) is 12.0. The minimum atomic E-state index is 0.271. The summed E-state index contributed by atoms with van der Waals surface area (Å²) < 4.78 is 12.5. The van der Waals surface area contributed by atoms with Gasteiger partial charge in [0.1, 0.15) is 0 Å². The van der Waals surface area contributed by atoms with Crippen LogP contribution in [-0.4, -0.2) is 35.0 Å². The summed E-state index contributed by atoms with van der Waals surface area (Å²) in [4.78, 5) is 4.34. The zero-order valence-corrected chi connectivity index (χ0v) is 12.0. The molecule has 0 aliphatic rings. The first-order valence-electron chi connectivity index (χ1n) is 6.51. The maximum absolute atomic E-state index is 5.36. The van der Waals surface area contributed by atoms with Gasteiger partial charge in [-0.1, -0.05) is 0 Å². The third-order valence-corrected chi connectivity index (χ3v) is 3.00. The highest BCUT2D eigenvalue weighted by atomic mass is 16.5. The van der Waals surface area contributed by atoms with E-state index in [1.54, 1.807) is 32.7 Å². The van der Waals surface area contributed by atoms with Crippen molar-refractivity contribution in [2.75, 3.05) is 14.2 Å². The molecule has 0 aliphatic heterocycles. The van der Waals surface area contributed by atoms with Crippen LogP contribution in [0.3, 0.4) is 0 Å². The van der Waals surface area contributed by atoms with Crippen LogP contribution in [0, 0.1) is 0 Å². The van der Waals surface area contributed by atoms with Gasteiger partial charge in [0.05, 0.1) is 26.5 Å². The van der Waals surface area contributed by atoms with Crippen molar-refractivity contribution < 1.29 is 9.47 Å². The van der Waals surface area contributed by atoms with E-state index in [9.17, 15) is 0 Å². The lowest BCUT2D eigenvalue weighted by molar-refractivity contribution is 0.346. The van der Waals surface area contributed by atoms with Crippen LogP contribution < -0.4 is 14.8 Å². The Morgan fingerprint density at radius 1 is 1.30 bits per heavy atom. The normalized spacial score (nSPS) is 12.2. The highest BCUT2D eigenvalue weighted by Gasteiger charge is 2.12. The van der Waals surface area contributed by atoms with Crippen molar-refractivity contribution in [2.45, 2.75) is 26.1 Å². The van der Waals surface area contributed by atoms with Gasteiger partial charge < -0.3 is 14.8 Å². The Kier molecular flexibility index (Phi) is 4.95. The van der Waals surface area contributed by atoms with Crippen LogP contribution in [0.5, 0.6) is 11.5 Å². The van der Waals surface area contributed by atoms with Crippen molar-refractivity contribution in [3.63, 3.8) is 0 Å². The van der Waals surface area contributed by atoms with E-state index in [2.05, 4.69) is 22.3 Å². The molecule has 0 fully saturated rings. The molecular formula is C14H20N4O2. The molecule has 1 N–H and O–H groups in total. The van der Waals surface area contributed by atoms with Gasteiger partial charge in [0.25, 0.3) is 0 Å². The monoisotopic (exact) mass is 276 g/mol. The third-order valence-electron chi connectivity index (χ3n) is 3.00. The van der Waals surface area contributed by atoms with E-state index in [4.69, 9.17) is 9.47 Å². The van der Waals surface area contributed by atoms with E-state index in [0.29, 0.717) is 18.0 Å². The van der Waals surface area contributed by atoms with E-state index in [0.717, 1.165) is 12.2 Å². The highest BCUT2D eigenvalue weighted by Crippen LogP contribution is 2.28. The van der Waals surface area contributed by atoms with Crippen molar-refractivity contribution in [3.05, 3.63) is 36.4 Å². The molecule has 0 bridgehead atoms. The van der Waals surface area contributed by atoms with Crippen LogP contribution in [0.4, 0.5) is 0 Å². The first kappa shape index (κ1) is 14.3. The van der Waals surface area contributed by atoms with Crippen molar-refractivity contribution in [1.82, 2.24) is 20.1 Å². The summed E-state index contributed by atoms with van der Waals surface area (Å²) in [5.74, 6) is 1.37. The Balaban J connectivity index is 1.96. The van der Waals surface area contributed by atoms with E-state index in [-0.39, 0.29) is 6.04 Å². The number of nitrogens with zero attached hydrogens (tertiary/aromatic N) is 3. The van der Waals surface area contributed by atoms with Crippen LogP contribution in [0.15, 0.2) is 30.7 Å². The van der Waals surface area contributed by atoms with E-state index in [1.165, 1.54) is 0 Å². The molecule has 1 atom stereocenters. The van der Waals surface area contributed by atoms with E-state index < -0.39 is 0 Å². The lowest BCUT2D eigenvalue weighted by atomic mass is 10.2. The fourth-order valence-electron chi connectivity index (χ4n) is 2.00. The minimum Gasteiger partial charge on any atom is -0.493 e. The number of ether oxygens (including phenoxy) is 2. The maximum atomic E-state index is 5.36. The van der Waals surface area contributed by atoms with Gasteiger partial charge >= 0.3 is 0 Å². The minimum absolute atomic E-state index is 0.271. The van der Waals surface area contributed by atoms with Crippen LogP contribution in [-0.2, 0) is 13.1 Å². The molecule has 2 aromatic rings. The second kappa shape index (κ2) is 6.91. The third kappa shape index (κ3) is 3.48. The zero-order chi connectivity index (χ0) is 14.4. The largest absolute Gasteiger partial charge is 0.493 e. The summed E-state index contributed by atoms with van der Waals surface area (Å²) in [5, 5.41) is 7.59. The van der Waals surface area contributed by atoms with Crippen molar-refractivity contribution in [1.29, 1.82) is 0 Å². The summed E-state index contributed by atoms with van der Waals surface area (Å²) >= 11 is 0. The molecule has 2 rings (SSSR count). The molecule has 0 saturated carbocycles. The number of aromatic nitrogens is 3. The first-order valence-corrected chi connectivity index (χ1v) is 6.51. The predicted molar refractivity (Wildman–Crippen MR) is 75.9 cm³/mol. The quantitative estimate of drug-likeness (QED) is 0.830. The van der Waals surface area contributed by atoms with Crippen molar-refractivity contribution in [2.24, 2.45) is 0 Å². The van der Waals surface area contributed by atoms with Crippen molar-refractivity contribution in [3.8, 4) is 11.5 Å². The van der Waals surface area contributed by atoms with Gasteiger partial charge in [-0.25, -0.2) is 0 Å². The molecule has 0 radical (unpaired) electrons. The lowest BCUT2D eigenvalue weighted by Crippen LogP contribution is -2.30. The SMILES string of the molecule is COc1ccnc(CNC(C)Cn2cccn2)c1OC. The van der Waals surface area contributed by atoms with Crippen LogP contribution in [0.2, 0.25) is 0 Å². The Hall–Kier alpha value is -2.08. The highest BCUT2D eigenvalue weighted by molar-refractivity contribution is 5.42. The standard InChI is InChI=1S/C14H20N4O2/c1-11(10-18-8-4-6-17-18)16-9-12-14(20-3)13(19-2)5-7-15-12/h4-8,11,16H,9-10H2,1-3H3. The Morgan fingerprint density at radius 3 is 2.80 bits per heavy atom. The molecule has 0 saturated heterocycles. The molecule has 6 heteroatoms. The van der Waals surface area contributed by atoms with Gasteiger partial charge in [-0.15, -0.1) is 0 Å². The number of nitrogens with one attached hydrogen (secondary N) is 1. The summed E-state index contributed by atoms with van der Waals surface area (Å²) in [7, 11) is 3.24. The molecule has 20 heavy (non-hydrogen) atoms. The van der Waals surface area contributed by atoms with Crippen LogP contribution in [0.1, 0.15) is 12.6 Å².